The van der Waals surface area contributed by atoms with Crippen LogP contribution >= 0.6 is 0 Å². The minimum absolute atomic E-state index is 0.0352. The molecule has 2 N–H and O–H groups in total. The molecule has 0 radical (unpaired) electrons. The number of hydrogen-bond donors (Lipinski definition) is 2. The number of carbonyl (C=O) groups is 1. The first-order valence-electron chi connectivity index (χ1n) is 12.5. The van der Waals surface area contributed by atoms with Crippen LogP contribution in [0.3, 0.4) is 0 Å². The van der Waals surface area contributed by atoms with Crippen LogP contribution in [0.15, 0.2) is 35.9 Å². The van der Waals surface area contributed by atoms with E-state index in [1.807, 2.05) is 29.6 Å². The summed E-state index contributed by atoms with van der Waals surface area (Å²) in [5, 5.41) is 9.21. The van der Waals surface area contributed by atoms with Gasteiger partial charge in [0.1, 0.15) is 0 Å². The van der Waals surface area contributed by atoms with Gasteiger partial charge in [-0.1, -0.05) is 6.58 Å². The molecule has 0 unspecified atom stereocenters. The van der Waals surface area contributed by atoms with E-state index in [-0.39, 0.29) is 40.5 Å². The molecule has 2 aliphatic heterocycles. The molecule has 0 spiro atoms. The van der Waals surface area contributed by atoms with Gasteiger partial charge in [0.2, 0.25) is 15.9 Å². The normalized spacial score (nSPS) is 28.5. The monoisotopic (exact) mass is 500 g/mol. The minimum atomic E-state index is -3.70. The van der Waals surface area contributed by atoms with Crippen LogP contribution in [0.4, 0.5) is 5.69 Å². The van der Waals surface area contributed by atoms with Crippen LogP contribution in [-0.2, 0) is 14.8 Å². The maximum absolute atomic E-state index is 13.4. The Morgan fingerprint density at radius 2 is 1.89 bits per heavy atom. The zero-order valence-electron chi connectivity index (χ0n) is 21.0. The second-order valence-electron chi connectivity index (χ2n) is 10.9. The topological polar surface area (TPSA) is 99.6 Å². The summed E-state index contributed by atoms with van der Waals surface area (Å²) in [5.74, 6) is -0.0916. The number of fused-ring (bicyclic) bond motifs is 1. The van der Waals surface area contributed by atoms with Crippen molar-refractivity contribution in [3.63, 3.8) is 0 Å². The lowest BCUT2D eigenvalue weighted by molar-refractivity contribution is -0.126. The molecule has 1 saturated carbocycles. The number of benzene rings is 1. The summed E-state index contributed by atoms with van der Waals surface area (Å²) in [5.41, 5.74) is 1.31. The fourth-order valence-electron chi connectivity index (χ4n) is 5.61. The Hall–Kier alpha value is -2.43. The van der Waals surface area contributed by atoms with Crippen molar-refractivity contribution >= 4 is 32.5 Å². The number of likely N-dealkylation sites (tertiary alicyclic amines) is 1. The number of nitrogens with zero attached hydrogens (tertiary/aromatic N) is 4. The lowest BCUT2D eigenvalue weighted by Crippen LogP contribution is -2.54. The van der Waals surface area contributed by atoms with Gasteiger partial charge in [-0.15, -0.1) is 0 Å². The number of amides is 1. The molecule has 2 aromatic rings. The van der Waals surface area contributed by atoms with Gasteiger partial charge in [0.05, 0.1) is 22.7 Å². The summed E-state index contributed by atoms with van der Waals surface area (Å²) in [6.07, 6.45) is 5.63. The van der Waals surface area contributed by atoms with Gasteiger partial charge in [0.15, 0.2) is 0 Å². The summed E-state index contributed by atoms with van der Waals surface area (Å²) in [6.45, 7) is 14.0. The minimum Gasteiger partial charge on any atom is -0.368 e. The van der Waals surface area contributed by atoms with Gasteiger partial charge in [0.25, 0.3) is 0 Å². The van der Waals surface area contributed by atoms with Crippen LogP contribution in [-0.4, -0.2) is 72.3 Å². The Morgan fingerprint density at radius 3 is 2.51 bits per heavy atom. The van der Waals surface area contributed by atoms with Crippen molar-refractivity contribution in [2.75, 3.05) is 24.5 Å². The largest absolute Gasteiger partial charge is 0.368 e. The molecule has 1 amide bonds. The van der Waals surface area contributed by atoms with Crippen LogP contribution < -0.4 is 14.9 Å². The number of piperazine rings is 1. The predicted molar refractivity (Wildman–Crippen MR) is 137 cm³/mol. The van der Waals surface area contributed by atoms with Crippen molar-refractivity contribution in [3.8, 4) is 0 Å². The van der Waals surface area contributed by atoms with Crippen LogP contribution in [0.1, 0.15) is 53.0 Å². The van der Waals surface area contributed by atoms with E-state index in [0.717, 1.165) is 48.9 Å². The fraction of sp³-hybridized carbons (Fsp3) is 0.600. The SMILES string of the molecule is C=CC(=O)N1C[C@H](n2ncc3c(N4C[C@H](C)N[C@@H](C)C4)cc(S(=O)(=O)NC4(C)CC4)cc32)C[C@@H]1C. The van der Waals surface area contributed by atoms with E-state index in [1.54, 1.807) is 12.1 Å². The molecule has 4 atom stereocenters. The van der Waals surface area contributed by atoms with E-state index in [9.17, 15) is 13.2 Å². The summed E-state index contributed by atoms with van der Waals surface area (Å²) in [6, 6.07) is 4.13. The number of nitrogens with one attached hydrogen (secondary N) is 2. The highest BCUT2D eigenvalue weighted by atomic mass is 32.2. The van der Waals surface area contributed by atoms with Crippen LogP contribution in [0.2, 0.25) is 0 Å². The molecule has 35 heavy (non-hydrogen) atoms. The summed E-state index contributed by atoms with van der Waals surface area (Å²) < 4.78 is 31.7. The first-order valence-corrected chi connectivity index (χ1v) is 14.0. The van der Waals surface area contributed by atoms with E-state index in [0.29, 0.717) is 6.54 Å². The molecular formula is C25H36N6O3S. The van der Waals surface area contributed by atoms with E-state index < -0.39 is 10.0 Å². The van der Waals surface area contributed by atoms with Crippen molar-refractivity contribution in [3.05, 3.63) is 31.0 Å². The molecule has 5 rings (SSSR count). The summed E-state index contributed by atoms with van der Waals surface area (Å²) in [4.78, 5) is 16.7. The lowest BCUT2D eigenvalue weighted by Gasteiger charge is -2.38. The molecule has 1 aromatic heterocycles. The van der Waals surface area contributed by atoms with Gasteiger partial charge in [0, 0.05) is 54.4 Å². The van der Waals surface area contributed by atoms with E-state index >= 15 is 0 Å². The molecule has 2 saturated heterocycles. The second-order valence-corrected chi connectivity index (χ2v) is 12.6. The Morgan fingerprint density at radius 1 is 1.20 bits per heavy atom. The maximum atomic E-state index is 13.4. The summed E-state index contributed by atoms with van der Waals surface area (Å²) in [7, 11) is -3.70. The van der Waals surface area contributed by atoms with Crippen molar-refractivity contribution in [2.24, 2.45) is 0 Å². The predicted octanol–water partition coefficient (Wildman–Crippen LogP) is 2.40. The molecular weight excluding hydrogens is 464 g/mol. The highest BCUT2D eigenvalue weighted by Gasteiger charge is 2.42. The number of rotatable bonds is 6. The van der Waals surface area contributed by atoms with Crippen molar-refractivity contribution in [2.45, 2.75) is 81.6 Å². The van der Waals surface area contributed by atoms with Gasteiger partial charge in [-0.3, -0.25) is 9.48 Å². The molecule has 1 aliphatic carbocycles. The van der Waals surface area contributed by atoms with Gasteiger partial charge in [-0.05, 0) is 65.2 Å². The average Bonchev–Trinajstić information content (AvgIpc) is 3.18. The Balaban J connectivity index is 1.60. The van der Waals surface area contributed by atoms with Gasteiger partial charge < -0.3 is 15.1 Å². The van der Waals surface area contributed by atoms with E-state index in [4.69, 9.17) is 5.10 Å². The lowest BCUT2D eigenvalue weighted by atomic mass is 10.1. The Bertz CT molecular complexity index is 1260. The fourth-order valence-corrected chi connectivity index (χ4v) is 7.11. The Kier molecular flexibility index (Phi) is 5.96. The number of anilines is 1. The molecule has 3 heterocycles. The molecule has 190 valence electrons. The highest BCUT2D eigenvalue weighted by molar-refractivity contribution is 7.89. The zero-order valence-corrected chi connectivity index (χ0v) is 21.8. The van der Waals surface area contributed by atoms with Crippen LogP contribution in [0.25, 0.3) is 10.9 Å². The molecule has 3 fully saturated rings. The quantitative estimate of drug-likeness (QED) is 0.591. The smallest absolute Gasteiger partial charge is 0.246 e. The van der Waals surface area contributed by atoms with Crippen LogP contribution in [0.5, 0.6) is 0 Å². The van der Waals surface area contributed by atoms with Crippen molar-refractivity contribution in [1.29, 1.82) is 0 Å². The van der Waals surface area contributed by atoms with Gasteiger partial charge >= 0.3 is 0 Å². The first-order chi connectivity index (χ1) is 16.5. The number of aromatic nitrogens is 2. The maximum Gasteiger partial charge on any atom is 0.246 e. The number of sulfonamides is 1. The first kappa shape index (κ1) is 24.3. The van der Waals surface area contributed by atoms with Crippen LogP contribution in [0, 0.1) is 0 Å². The molecule has 10 heteroatoms. The summed E-state index contributed by atoms with van der Waals surface area (Å²) >= 11 is 0. The average molecular weight is 501 g/mol. The third kappa shape index (κ3) is 4.59. The third-order valence-electron chi connectivity index (χ3n) is 7.61. The van der Waals surface area contributed by atoms with E-state index in [1.165, 1.54) is 6.08 Å². The van der Waals surface area contributed by atoms with Gasteiger partial charge in [-0.25, -0.2) is 13.1 Å². The van der Waals surface area contributed by atoms with Gasteiger partial charge in [-0.2, -0.15) is 5.10 Å². The molecule has 3 aliphatic rings. The number of hydrogen-bond acceptors (Lipinski definition) is 6. The van der Waals surface area contributed by atoms with E-state index in [2.05, 4.69) is 35.4 Å². The van der Waals surface area contributed by atoms with Crippen molar-refractivity contribution in [1.82, 2.24) is 24.7 Å². The standard InChI is InChI=1S/C25H36N6O3S/c1-6-24(32)30-15-19(9-18(30)4)31-23-11-20(35(33,34)28-25(5)7-8-25)10-22(21(23)12-26-31)29-13-16(2)27-17(3)14-29/h6,10-12,16-19,27-28H,1,7-9,13-15H2,2-5H3/t16-,17-,18-,19+/m0/s1. The molecule has 9 nitrogen and oxygen atoms in total. The van der Waals surface area contributed by atoms with Crippen molar-refractivity contribution < 1.29 is 13.2 Å². The zero-order chi connectivity index (χ0) is 25.1. The third-order valence-corrected chi connectivity index (χ3v) is 9.23. The highest BCUT2D eigenvalue weighted by Crippen LogP contribution is 2.39. The Labute approximate surface area is 207 Å². The molecule has 1 aromatic carbocycles. The second kappa shape index (κ2) is 8.60. The number of carbonyl (C=O) groups excluding carboxylic acids is 1. The molecule has 0 bridgehead atoms.